The predicted molar refractivity (Wildman–Crippen MR) is 88.3 cm³/mol. The van der Waals surface area contributed by atoms with Crippen LogP contribution in [0.5, 0.6) is 0 Å². The zero-order chi connectivity index (χ0) is 18.4. The Bertz CT molecular complexity index is 734. The smallest absolute Gasteiger partial charge is 0.329 e. The highest BCUT2D eigenvalue weighted by Gasteiger charge is 2.68. The van der Waals surface area contributed by atoms with Crippen molar-refractivity contribution < 1.29 is 24.2 Å². The van der Waals surface area contributed by atoms with E-state index in [0.29, 0.717) is 0 Å². The van der Waals surface area contributed by atoms with Crippen LogP contribution in [0.15, 0.2) is 24.3 Å². The van der Waals surface area contributed by atoms with Gasteiger partial charge in [0.15, 0.2) is 5.54 Å². The first-order valence-corrected chi connectivity index (χ1v) is 8.30. The second-order valence-electron chi connectivity index (χ2n) is 6.52. The molecule has 4 atom stereocenters. The maximum atomic E-state index is 12.9. The maximum absolute atomic E-state index is 12.9. The first kappa shape index (κ1) is 17.6. The van der Waals surface area contributed by atoms with E-state index in [9.17, 15) is 19.5 Å². The summed E-state index contributed by atoms with van der Waals surface area (Å²) in [6.45, 7) is 3.22. The minimum Gasteiger partial charge on any atom is -0.468 e. The van der Waals surface area contributed by atoms with Gasteiger partial charge in [-0.3, -0.25) is 19.8 Å². The lowest BCUT2D eigenvalue weighted by Gasteiger charge is -2.30. The second kappa shape index (κ2) is 6.24. The monoisotopic (exact) mass is 346 g/mol. The van der Waals surface area contributed by atoms with Crippen molar-refractivity contribution in [1.29, 1.82) is 0 Å². The van der Waals surface area contributed by atoms with Crippen LogP contribution < -0.4 is 5.32 Å². The van der Waals surface area contributed by atoms with Gasteiger partial charge in [0, 0.05) is 12.6 Å². The van der Waals surface area contributed by atoms with E-state index < -0.39 is 41.9 Å². The van der Waals surface area contributed by atoms with Crippen molar-refractivity contribution in [2.45, 2.75) is 25.4 Å². The maximum Gasteiger partial charge on any atom is 0.329 e. The number of benzene rings is 1. The number of carbonyl (C=O) groups excluding carboxylic acids is 3. The molecule has 2 heterocycles. The third-order valence-corrected chi connectivity index (χ3v) is 5.38. The molecule has 2 N–H and O–H groups in total. The van der Waals surface area contributed by atoms with E-state index in [1.54, 1.807) is 6.92 Å². The average molecular weight is 346 g/mol. The summed E-state index contributed by atoms with van der Waals surface area (Å²) in [5.41, 5.74) is 0.145. The number of nitrogens with zero attached hydrogens (tertiary/aromatic N) is 1. The third kappa shape index (κ3) is 2.30. The molecule has 0 aromatic heterocycles. The van der Waals surface area contributed by atoms with Crippen molar-refractivity contribution in [3.8, 4) is 0 Å². The van der Waals surface area contributed by atoms with E-state index in [1.165, 1.54) is 7.11 Å². The van der Waals surface area contributed by atoms with Crippen molar-refractivity contribution >= 4 is 17.8 Å². The molecule has 1 aromatic rings. The number of rotatable bonds is 4. The van der Waals surface area contributed by atoms with Crippen LogP contribution in [0, 0.1) is 18.8 Å². The molecule has 7 heteroatoms. The largest absolute Gasteiger partial charge is 0.468 e. The number of methoxy groups -OCH3 is 1. The lowest BCUT2D eigenvalue weighted by atomic mass is 9.79. The van der Waals surface area contributed by atoms with Crippen LogP contribution in [0.2, 0.25) is 0 Å². The average Bonchev–Trinajstić information content (AvgIpc) is 3.09. The number of aryl methyl sites for hydroxylation is 1. The lowest BCUT2D eigenvalue weighted by Crippen LogP contribution is -2.58. The lowest BCUT2D eigenvalue weighted by molar-refractivity contribution is -0.156. The van der Waals surface area contributed by atoms with Gasteiger partial charge in [-0.05, 0) is 25.0 Å². The number of hydrogen-bond acceptors (Lipinski definition) is 6. The van der Waals surface area contributed by atoms with Crippen LogP contribution in [0.4, 0.5) is 0 Å². The SMILES string of the molecule is CCN1C(=O)[C@@H]2[C@@H](c3ccccc3C)N[C@@](CO)(C(=O)OC)[C@@H]2C1=O. The fourth-order valence-electron chi connectivity index (χ4n) is 4.16. The van der Waals surface area contributed by atoms with Crippen LogP contribution in [0.1, 0.15) is 24.1 Å². The molecule has 0 aliphatic carbocycles. The first-order valence-electron chi connectivity index (χ1n) is 8.30. The summed E-state index contributed by atoms with van der Waals surface area (Å²) in [6, 6.07) is 6.94. The molecule has 0 spiro atoms. The standard InChI is InChI=1S/C18H22N2O5/c1-4-20-15(22)12-13(16(20)23)18(9-21,17(24)25-3)19-14(12)11-8-6-5-7-10(11)2/h5-8,12-14,19,21H,4,9H2,1-3H3/t12-,13-,14+,18+/m0/s1. The fraction of sp³-hybridized carbons (Fsp3) is 0.500. The molecular formula is C18H22N2O5. The Morgan fingerprint density at radius 1 is 1.32 bits per heavy atom. The van der Waals surface area contributed by atoms with Crippen LogP contribution >= 0.6 is 0 Å². The number of fused-ring (bicyclic) bond motifs is 1. The topological polar surface area (TPSA) is 95.9 Å². The number of nitrogens with one attached hydrogen (secondary N) is 1. The Kier molecular flexibility index (Phi) is 4.38. The summed E-state index contributed by atoms with van der Waals surface area (Å²) < 4.78 is 4.86. The minimum absolute atomic E-state index is 0.230. The molecule has 0 bridgehead atoms. The van der Waals surface area contributed by atoms with Crippen LogP contribution in [0.3, 0.4) is 0 Å². The molecule has 0 saturated carbocycles. The fourth-order valence-corrected chi connectivity index (χ4v) is 4.16. The molecule has 2 aliphatic heterocycles. The number of esters is 1. The van der Waals surface area contributed by atoms with Crippen molar-refractivity contribution in [2.24, 2.45) is 11.8 Å². The van der Waals surface area contributed by atoms with Crippen LogP contribution in [-0.2, 0) is 19.1 Å². The number of imide groups is 1. The van der Waals surface area contributed by atoms with E-state index in [0.717, 1.165) is 16.0 Å². The van der Waals surface area contributed by atoms with Gasteiger partial charge in [-0.1, -0.05) is 24.3 Å². The van der Waals surface area contributed by atoms with E-state index >= 15 is 0 Å². The molecule has 2 aliphatic rings. The molecule has 1 aromatic carbocycles. The van der Waals surface area contributed by atoms with E-state index in [4.69, 9.17) is 4.74 Å². The van der Waals surface area contributed by atoms with Gasteiger partial charge in [0.1, 0.15) is 0 Å². The zero-order valence-corrected chi connectivity index (χ0v) is 14.5. The predicted octanol–water partition coefficient (Wildman–Crippen LogP) is 0.165. The van der Waals surface area contributed by atoms with E-state index in [2.05, 4.69) is 5.32 Å². The van der Waals surface area contributed by atoms with Gasteiger partial charge in [0.2, 0.25) is 11.8 Å². The van der Waals surface area contributed by atoms with Gasteiger partial charge in [-0.15, -0.1) is 0 Å². The van der Waals surface area contributed by atoms with Gasteiger partial charge in [0.05, 0.1) is 25.6 Å². The Morgan fingerprint density at radius 2 is 2.00 bits per heavy atom. The number of aliphatic hydroxyl groups excluding tert-OH is 1. The van der Waals surface area contributed by atoms with Crippen LogP contribution in [-0.4, -0.2) is 53.6 Å². The van der Waals surface area contributed by atoms with Crippen LogP contribution in [0.25, 0.3) is 0 Å². The second-order valence-corrected chi connectivity index (χ2v) is 6.52. The third-order valence-electron chi connectivity index (χ3n) is 5.38. The highest BCUT2D eigenvalue weighted by molar-refractivity contribution is 6.09. The summed E-state index contributed by atoms with van der Waals surface area (Å²) in [6.07, 6.45) is 0. The zero-order valence-electron chi connectivity index (χ0n) is 14.5. The Labute approximate surface area is 146 Å². The van der Waals surface area contributed by atoms with Crippen molar-refractivity contribution in [2.75, 3.05) is 20.3 Å². The molecule has 7 nitrogen and oxygen atoms in total. The summed E-state index contributed by atoms with van der Waals surface area (Å²) in [7, 11) is 1.20. The molecule has 2 amide bonds. The highest BCUT2D eigenvalue weighted by Crippen LogP contribution is 2.49. The summed E-state index contributed by atoms with van der Waals surface area (Å²) in [5, 5.41) is 13.1. The number of carbonyl (C=O) groups is 3. The molecule has 134 valence electrons. The molecule has 0 radical (unpaired) electrons. The molecule has 3 rings (SSSR count). The highest BCUT2D eigenvalue weighted by atomic mass is 16.5. The Hall–Kier alpha value is -2.25. The first-order chi connectivity index (χ1) is 11.9. The van der Waals surface area contributed by atoms with Gasteiger partial charge in [0.25, 0.3) is 0 Å². The molecular weight excluding hydrogens is 324 g/mol. The van der Waals surface area contributed by atoms with Crippen molar-refractivity contribution in [1.82, 2.24) is 10.2 Å². The van der Waals surface area contributed by atoms with Gasteiger partial charge in [-0.25, -0.2) is 4.79 Å². The Morgan fingerprint density at radius 3 is 2.56 bits per heavy atom. The number of amides is 2. The Balaban J connectivity index is 2.17. The normalized spacial score (nSPS) is 31.4. The van der Waals surface area contributed by atoms with Gasteiger partial charge < -0.3 is 9.84 Å². The molecule has 0 unspecified atom stereocenters. The summed E-state index contributed by atoms with van der Waals surface area (Å²) in [4.78, 5) is 39.4. The number of aliphatic hydroxyl groups is 1. The number of hydrogen-bond donors (Lipinski definition) is 2. The summed E-state index contributed by atoms with van der Waals surface area (Å²) >= 11 is 0. The quantitative estimate of drug-likeness (QED) is 0.596. The van der Waals surface area contributed by atoms with E-state index in [1.807, 2.05) is 31.2 Å². The van der Waals surface area contributed by atoms with Crippen molar-refractivity contribution in [3.05, 3.63) is 35.4 Å². The molecule has 25 heavy (non-hydrogen) atoms. The van der Waals surface area contributed by atoms with E-state index in [-0.39, 0.29) is 12.5 Å². The van der Waals surface area contributed by atoms with Gasteiger partial charge in [-0.2, -0.15) is 0 Å². The molecule has 2 fully saturated rings. The van der Waals surface area contributed by atoms with Gasteiger partial charge >= 0.3 is 5.97 Å². The molecule has 2 saturated heterocycles. The number of ether oxygens (including phenoxy) is 1. The number of likely N-dealkylation sites (tertiary alicyclic amines) is 1. The minimum atomic E-state index is -1.62. The van der Waals surface area contributed by atoms with Crippen molar-refractivity contribution in [3.63, 3.8) is 0 Å². The summed E-state index contributed by atoms with van der Waals surface area (Å²) in [5.74, 6) is -3.24.